The molecule has 1 aliphatic carbocycles. The molecule has 1 aromatic rings. The number of nitrogens with one attached hydrogen (secondary N) is 1. The first-order chi connectivity index (χ1) is 10.2. The van der Waals surface area contributed by atoms with Crippen LogP contribution < -0.4 is 5.32 Å². The molecule has 1 N–H and O–H groups in total. The Morgan fingerprint density at radius 3 is 2.90 bits per heavy atom. The van der Waals surface area contributed by atoms with Crippen molar-refractivity contribution in [2.45, 2.75) is 44.2 Å². The van der Waals surface area contributed by atoms with E-state index in [9.17, 15) is 10.1 Å². The van der Waals surface area contributed by atoms with E-state index in [2.05, 4.69) is 10.3 Å². The number of nitrogens with zero attached hydrogens (tertiary/aromatic N) is 3. The molecule has 1 saturated carbocycles. The smallest absolute Gasteiger partial charge is 0.328 e. The lowest BCUT2D eigenvalue weighted by Gasteiger charge is -2.25. The molecule has 7 nitrogen and oxygen atoms in total. The predicted octanol–water partition coefficient (Wildman–Crippen LogP) is 2.62. The van der Waals surface area contributed by atoms with Gasteiger partial charge in [-0.3, -0.25) is 10.1 Å². The first-order valence-electron chi connectivity index (χ1n) is 7.00. The summed E-state index contributed by atoms with van der Waals surface area (Å²) < 4.78 is 5.49. The highest BCUT2D eigenvalue weighted by molar-refractivity contribution is 5.64. The number of methoxy groups -OCH3 is 1. The first kappa shape index (κ1) is 15.2. The van der Waals surface area contributed by atoms with E-state index < -0.39 is 4.92 Å². The summed E-state index contributed by atoms with van der Waals surface area (Å²) in [6.45, 7) is 0. The molecule has 7 heteroatoms. The Morgan fingerprint density at radius 1 is 1.48 bits per heavy atom. The largest absolute Gasteiger partial charge is 0.379 e. The molecular weight excluding hydrogens is 272 g/mol. The Bertz CT molecular complexity index is 556. The van der Waals surface area contributed by atoms with Gasteiger partial charge in [0, 0.05) is 13.3 Å². The van der Waals surface area contributed by atoms with Gasteiger partial charge in [0.15, 0.2) is 0 Å². The summed E-state index contributed by atoms with van der Waals surface area (Å²) in [5.74, 6) is 0.146. The highest BCUT2D eigenvalue weighted by Gasteiger charge is 2.28. The molecule has 1 aliphatic rings. The standard InChI is InChI=1S/C14H18N4O3/c1-21-12-6-4-2-3-5-11(12)17-14-13(18(19)20)10(9-15)7-8-16-14/h7-8,11-12H,2-6H2,1H3,(H,16,17)/t11-,12+/m1/s1. The topological polar surface area (TPSA) is 101 Å². The van der Waals surface area contributed by atoms with E-state index in [1.165, 1.54) is 12.3 Å². The van der Waals surface area contributed by atoms with Crippen molar-refractivity contribution in [3.63, 3.8) is 0 Å². The van der Waals surface area contributed by atoms with E-state index in [4.69, 9.17) is 10.00 Å². The molecule has 0 saturated heterocycles. The van der Waals surface area contributed by atoms with Crippen LogP contribution in [0.25, 0.3) is 0 Å². The maximum atomic E-state index is 11.2. The van der Waals surface area contributed by atoms with Crippen LogP contribution in [0.1, 0.15) is 37.7 Å². The van der Waals surface area contributed by atoms with Crippen LogP contribution in [-0.2, 0) is 4.74 Å². The maximum Gasteiger partial charge on any atom is 0.328 e. The number of pyridine rings is 1. The molecule has 2 rings (SSSR count). The highest BCUT2D eigenvalue weighted by atomic mass is 16.6. The summed E-state index contributed by atoms with van der Waals surface area (Å²) in [4.78, 5) is 14.7. The van der Waals surface area contributed by atoms with E-state index in [0.717, 1.165) is 32.1 Å². The SMILES string of the molecule is CO[C@H]1CCCCC[C@H]1Nc1nccc(C#N)c1[N+](=O)[O-]. The predicted molar refractivity (Wildman–Crippen MR) is 76.9 cm³/mol. The average Bonchev–Trinajstić information content (AvgIpc) is 2.71. The summed E-state index contributed by atoms with van der Waals surface area (Å²) in [5, 5.41) is 23.3. The Hall–Kier alpha value is -2.20. The van der Waals surface area contributed by atoms with Crippen molar-refractivity contribution < 1.29 is 9.66 Å². The van der Waals surface area contributed by atoms with Gasteiger partial charge in [-0.15, -0.1) is 0 Å². The van der Waals surface area contributed by atoms with Crippen LogP contribution in [0.5, 0.6) is 0 Å². The quantitative estimate of drug-likeness (QED) is 0.519. The van der Waals surface area contributed by atoms with Crippen LogP contribution in [-0.4, -0.2) is 29.2 Å². The van der Waals surface area contributed by atoms with Gasteiger partial charge in [0.25, 0.3) is 0 Å². The van der Waals surface area contributed by atoms with Crippen molar-refractivity contribution in [3.05, 3.63) is 27.9 Å². The third-order valence-corrected chi connectivity index (χ3v) is 3.80. The van der Waals surface area contributed by atoms with Gasteiger partial charge in [-0.2, -0.15) is 5.26 Å². The van der Waals surface area contributed by atoms with Gasteiger partial charge >= 0.3 is 5.69 Å². The van der Waals surface area contributed by atoms with E-state index in [-0.39, 0.29) is 29.2 Å². The maximum absolute atomic E-state index is 11.2. The van der Waals surface area contributed by atoms with Crippen molar-refractivity contribution in [2.75, 3.05) is 12.4 Å². The Morgan fingerprint density at radius 2 is 2.24 bits per heavy atom. The molecule has 0 aliphatic heterocycles. The fraction of sp³-hybridized carbons (Fsp3) is 0.571. The van der Waals surface area contributed by atoms with Gasteiger partial charge in [-0.25, -0.2) is 4.98 Å². The number of aromatic nitrogens is 1. The van der Waals surface area contributed by atoms with Gasteiger partial charge in [0.05, 0.1) is 17.1 Å². The van der Waals surface area contributed by atoms with Crippen LogP contribution in [0, 0.1) is 21.4 Å². The summed E-state index contributed by atoms with van der Waals surface area (Å²) in [5.41, 5.74) is -0.251. The Balaban J connectivity index is 2.29. The molecule has 0 bridgehead atoms. The van der Waals surface area contributed by atoms with Gasteiger partial charge in [-0.1, -0.05) is 19.3 Å². The number of anilines is 1. The van der Waals surface area contributed by atoms with Gasteiger partial charge in [-0.05, 0) is 18.9 Å². The molecule has 0 spiro atoms. The molecule has 21 heavy (non-hydrogen) atoms. The molecule has 112 valence electrons. The molecule has 0 unspecified atom stereocenters. The lowest BCUT2D eigenvalue weighted by Crippen LogP contribution is -2.34. The van der Waals surface area contributed by atoms with Crippen molar-refractivity contribution in [2.24, 2.45) is 0 Å². The van der Waals surface area contributed by atoms with Crippen molar-refractivity contribution in [1.29, 1.82) is 5.26 Å². The number of nitro groups is 1. The highest BCUT2D eigenvalue weighted by Crippen LogP contribution is 2.29. The fourth-order valence-electron chi connectivity index (χ4n) is 2.73. The molecule has 0 amide bonds. The number of ether oxygens (including phenoxy) is 1. The Labute approximate surface area is 123 Å². The molecule has 1 aromatic heterocycles. The number of rotatable bonds is 4. The van der Waals surface area contributed by atoms with Crippen LogP contribution in [0.15, 0.2) is 12.3 Å². The number of hydrogen-bond acceptors (Lipinski definition) is 6. The molecule has 0 aromatic carbocycles. The van der Waals surface area contributed by atoms with E-state index >= 15 is 0 Å². The lowest BCUT2D eigenvalue weighted by molar-refractivity contribution is -0.384. The summed E-state index contributed by atoms with van der Waals surface area (Å²) in [6, 6.07) is 3.16. The monoisotopic (exact) mass is 290 g/mol. The molecule has 0 radical (unpaired) electrons. The zero-order chi connectivity index (χ0) is 15.2. The minimum atomic E-state index is -0.563. The zero-order valence-electron chi connectivity index (χ0n) is 11.9. The average molecular weight is 290 g/mol. The van der Waals surface area contributed by atoms with Crippen molar-refractivity contribution >= 4 is 11.5 Å². The van der Waals surface area contributed by atoms with E-state index in [0.29, 0.717) is 0 Å². The fourth-order valence-corrected chi connectivity index (χ4v) is 2.73. The van der Waals surface area contributed by atoms with Crippen molar-refractivity contribution in [1.82, 2.24) is 4.98 Å². The minimum Gasteiger partial charge on any atom is -0.379 e. The van der Waals surface area contributed by atoms with E-state index in [1.54, 1.807) is 7.11 Å². The third-order valence-electron chi connectivity index (χ3n) is 3.80. The zero-order valence-corrected chi connectivity index (χ0v) is 11.9. The summed E-state index contributed by atoms with van der Waals surface area (Å²) >= 11 is 0. The van der Waals surface area contributed by atoms with Gasteiger partial charge < -0.3 is 10.1 Å². The minimum absolute atomic E-state index is 0.000328. The second kappa shape index (κ2) is 6.99. The third kappa shape index (κ3) is 3.47. The second-order valence-corrected chi connectivity index (χ2v) is 5.09. The van der Waals surface area contributed by atoms with Crippen molar-refractivity contribution in [3.8, 4) is 6.07 Å². The lowest BCUT2D eigenvalue weighted by atomic mass is 10.1. The van der Waals surface area contributed by atoms with Gasteiger partial charge in [0.1, 0.15) is 11.6 Å². The first-order valence-corrected chi connectivity index (χ1v) is 7.00. The normalized spacial score (nSPS) is 22.1. The molecule has 1 fully saturated rings. The summed E-state index contributed by atoms with van der Waals surface area (Å²) in [7, 11) is 1.65. The Kier molecular flexibility index (Phi) is 5.06. The van der Waals surface area contributed by atoms with Crippen LogP contribution in [0.3, 0.4) is 0 Å². The second-order valence-electron chi connectivity index (χ2n) is 5.09. The van der Waals surface area contributed by atoms with Gasteiger partial charge in [0.2, 0.25) is 5.82 Å². The number of hydrogen-bond donors (Lipinski definition) is 1. The molecule has 1 heterocycles. The van der Waals surface area contributed by atoms with E-state index in [1.807, 2.05) is 6.07 Å². The van der Waals surface area contributed by atoms with Crippen LogP contribution in [0.4, 0.5) is 11.5 Å². The molecular formula is C14H18N4O3. The van der Waals surface area contributed by atoms with Crippen LogP contribution >= 0.6 is 0 Å². The summed E-state index contributed by atoms with van der Waals surface area (Å²) in [6.07, 6.45) is 6.46. The number of nitriles is 1. The molecule has 2 atom stereocenters. The van der Waals surface area contributed by atoms with Crippen LogP contribution in [0.2, 0.25) is 0 Å².